The van der Waals surface area contributed by atoms with Gasteiger partial charge in [0, 0.05) is 18.3 Å². The summed E-state index contributed by atoms with van der Waals surface area (Å²) in [5.41, 5.74) is 12.0. The Morgan fingerprint density at radius 2 is 2.28 bits per heavy atom. The van der Waals surface area contributed by atoms with Crippen LogP contribution in [-0.2, 0) is 9.59 Å². The molecule has 0 radical (unpaired) electrons. The van der Waals surface area contributed by atoms with Crippen molar-refractivity contribution in [3.63, 3.8) is 0 Å². The molecule has 6 nitrogen and oxygen atoms in total. The molecule has 6 heteroatoms. The molecular formula is C12H15N3O3. The van der Waals surface area contributed by atoms with Crippen LogP contribution in [-0.4, -0.2) is 25.0 Å². The fourth-order valence-electron chi connectivity index (χ4n) is 1.79. The third kappa shape index (κ3) is 2.22. The normalized spacial score (nSPS) is 15.8. The number of benzene rings is 1. The summed E-state index contributed by atoms with van der Waals surface area (Å²) in [5.74, 6) is -0.504. The van der Waals surface area contributed by atoms with Crippen molar-refractivity contribution in [3.8, 4) is 5.75 Å². The zero-order valence-corrected chi connectivity index (χ0v) is 10.1. The van der Waals surface area contributed by atoms with Crippen LogP contribution in [0.3, 0.4) is 0 Å². The van der Waals surface area contributed by atoms with Gasteiger partial charge in [0.1, 0.15) is 5.75 Å². The van der Waals surface area contributed by atoms with Crippen molar-refractivity contribution < 1.29 is 14.3 Å². The van der Waals surface area contributed by atoms with Gasteiger partial charge in [-0.2, -0.15) is 0 Å². The van der Waals surface area contributed by atoms with Gasteiger partial charge in [0.2, 0.25) is 5.91 Å². The number of carbonyl (C=O) groups excluding carboxylic acids is 2. The number of fused-ring (bicyclic) bond motifs is 1. The van der Waals surface area contributed by atoms with Crippen molar-refractivity contribution in [1.29, 1.82) is 0 Å². The van der Waals surface area contributed by atoms with E-state index in [1.54, 1.807) is 25.1 Å². The molecule has 0 aromatic heterocycles. The van der Waals surface area contributed by atoms with E-state index < -0.39 is 11.8 Å². The lowest BCUT2D eigenvalue weighted by molar-refractivity contribution is -0.122. The summed E-state index contributed by atoms with van der Waals surface area (Å²) in [6.07, 6.45) is 0. The zero-order valence-electron chi connectivity index (χ0n) is 10.1. The number of ether oxygens (including phenoxy) is 1. The summed E-state index contributed by atoms with van der Waals surface area (Å²) < 4.78 is 5.30. The van der Waals surface area contributed by atoms with Crippen molar-refractivity contribution >= 4 is 23.2 Å². The van der Waals surface area contributed by atoms with Gasteiger partial charge in [-0.15, -0.1) is 0 Å². The number of amides is 2. The highest BCUT2D eigenvalue weighted by atomic mass is 16.5. The number of nitrogens with two attached hydrogens (primary N) is 2. The van der Waals surface area contributed by atoms with E-state index in [-0.39, 0.29) is 19.1 Å². The van der Waals surface area contributed by atoms with Gasteiger partial charge >= 0.3 is 0 Å². The minimum Gasteiger partial charge on any atom is -0.481 e. The monoisotopic (exact) mass is 249 g/mol. The third-order valence-corrected chi connectivity index (χ3v) is 2.87. The van der Waals surface area contributed by atoms with Gasteiger partial charge in [0.15, 0.2) is 6.61 Å². The predicted octanol–water partition coefficient (Wildman–Crippen LogP) is 0.116. The second kappa shape index (κ2) is 4.56. The maximum Gasteiger partial charge on any atom is 0.265 e. The molecule has 4 N–H and O–H groups in total. The van der Waals surface area contributed by atoms with Crippen molar-refractivity contribution in [1.82, 2.24) is 0 Å². The predicted molar refractivity (Wildman–Crippen MR) is 67.1 cm³/mol. The van der Waals surface area contributed by atoms with Crippen LogP contribution in [0.25, 0.3) is 0 Å². The van der Waals surface area contributed by atoms with Gasteiger partial charge < -0.3 is 21.1 Å². The molecule has 0 aliphatic carbocycles. The Labute approximate surface area is 104 Å². The van der Waals surface area contributed by atoms with E-state index >= 15 is 0 Å². The Bertz CT molecular complexity index is 501. The second-order valence-corrected chi connectivity index (χ2v) is 4.32. The van der Waals surface area contributed by atoms with E-state index in [1.165, 1.54) is 4.90 Å². The van der Waals surface area contributed by atoms with Crippen LogP contribution in [0, 0.1) is 5.92 Å². The van der Waals surface area contributed by atoms with E-state index in [2.05, 4.69) is 0 Å². The topological polar surface area (TPSA) is 98.7 Å². The molecular weight excluding hydrogens is 234 g/mol. The van der Waals surface area contributed by atoms with Crippen molar-refractivity contribution in [2.75, 3.05) is 23.8 Å². The van der Waals surface area contributed by atoms with E-state index in [4.69, 9.17) is 16.2 Å². The molecule has 2 rings (SSSR count). The van der Waals surface area contributed by atoms with Crippen LogP contribution in [0.1, 0.15) is 6.92 Å². The fraction of sp³-hybridized carbons (Fsp3) is 0.333. The first-order valence-corrected chi connectivity index (χ1v) is 5.61. The van der Waals surface area contributed by atoms with Gasteiger partial charge in [0.05, 0.1) is 11.6 Å². The highest BCUT2D eigenvalue weighted by molar-refractivity contribution is 5.98. The molecule has 0 spiro atoms. The first kappa shape index (κ1) is 12.2. The summed E-state index contributed by atoms with van der Waals surface area (Å²) >= 11 is 0. The number of rotatable bonds is 3. The zero-order chi connectivity index (χ0) is 13.3. The maximum absolute atomic E-state index is 11.8. The smallest absolute Gasteiger partial charge is 0.265 e. The highest BCUT2D eigenvalue weighted by Crippen LogP contribution is 2.34. The summed E-state index contributed by atoms with van der Waals surface area (Å²) in [4.78, 5) is 24.4. The average molecular weight is 249 g/mol. The number of nitrogens with zero attached hydrogens (tertiary/aromatic N) is 1. The Morgan fingerprint density at radius 1 is 1.56 bits per heavy atom. The molecule has 96 valence electrons. The number of nitrogen functional groups attached to an aromatic ring is 1. The lowest BCUT2D eigenvalue weighted by Crippen LogP contribution is -2.43. The molecule has 1 aromatic rings. The first-order chi connectivity index (χ1) is 8.49. The van der Waals surface area contributed by atoms with E-state index in [0.29, 0.717) is 17.1 Å². The molecule has 1 unspecified atom stereocenters. The van der Waals surface area contributed by atoms with Gasteiger partial charge in [0.25, 0.3) is 5.91 Å². The average Bonchev–Trinajstić information content (AvgIpc) is 2.32. The maximum atomic E-state index is 11.8. The van der Waals surface area contributed by atoms with Gasteiger partial charge in [-0.1, -0.05) is 6.92 Å². The number of carbonyl (C=O) groups is 2. The SMILES string of the molecule is CC(CN1C(=O)COc2cc(N)ccc21)C(N)=O. The van der Waals surface area contributed by atoms with E-state index in [9.17, 15) is 9.59 Å². The molecule has 1 atom stereocenters. The standard InChI is InChI=1S/C12H15N3O3/c1-7(12(14)17)5-15-9-3-2-8(13)4-10(9)18-6-11(15)16/h2-4,7H,5-6,13H2,1H3,(H2,14,17). The number of anilines is 2. The molecule has 0 bridgehead atoms. The molecule has 18 heavy (non-hydrogen) atoms. The van der Waals surface area contributed by atoms with E-state index in [0.717, 1.165) is 0 Å². The summed E-state index contributed by atoms with van der Waals surface area (Å²) in [5, 5.41) is 0. The molecule has 0 saturated carbocycles. The number of hydrogen-bond donors (Lipinski definition) is 2. The molecule has 0 fully saturated rings. The number of hydrogen-bond acceptors (Lipinski definition) is 4. The lowest BCUT2D eigenvalue weighted by atomic mass is 10.1. The molecule has 1 heterocycles. The quantitative estimate of drug-likeness (QED) is 0.743. The molecule has 1 aromatic carbocycles. The summed E-state index contributed by atoms with van der Waals surface area (Å²) in [7, 11) is 0. The largest absolute Gasteiger partial charge is 0.481 e. The second-order valence-electron chi connectivity index (χ2n) is 4.32. The Balaban J connectivity index is 2.30. The number of primary amides is 1. The minimum absolute atomic E-state index is 0.0536. The highest BCUT2D eigenvalue weighted by Gasteiger charge is 2.27. The van der Waals surface area contributed by atoms with Gasteiger partial charge in [-0.3, -0.25) is 9.59 Å². The summed E-state index contributed by atoms with van der Waals surface area (Å²) in [6.45, 7) is 1.87. The van der Waals surface area contributed by atoms with Gasteiger partial charge in [-0.25, -0.2) is 0 Å². The van der Waals surface area contributed by atoms with Crippen LogP contribution in [0.4, 0.5) is 11.4 Å². The molecule has 2 amide bonds. The summed E-state index contributed by atoms with van der Waals surface area (Å²) in [6, 6.07) is 5.04. The van der Waals surface area contributed by atoms with Crippen LogP contribution in [0.2, 0.25) is 0 Å². The molecule has 1 aliphatic heterocycles. The Hall–Kier alpha value is -2.24. The van der Waals surface area contributed by atoms with Gasteiger partial charge in [-0.05, 0) is 12.1 Å². The van der Waals surface area contributed by atoms with Crippen molar-refractivity contribution in [2.45, 2.75) is 6.92 Å². The Kier molecular flexibility index (Phi) is 3.10. The van der Waals surface area contributed by atoms with Crippen LogP contribution in [0.5, 0.6) is 5.75 Å². The minimum atomic E-state index is -0.439. The van der Waals surface area contributed by atoms with Crippen molar-refractivity contribution in [2.24, 2.45) is 11.7 Å². The molecule has 0 saturated heterocycles. The Morgan fingerprint density at radius 3 is 2.94 bits per heavy atom. The fourth-order valence-corrected chi connectivity index (χ4v) is 1.79. The van der Waals surface area contributed by atoms with Crippen molar-refractivity contribution in [3.05, 3.63) is 18.2 Å². The van der Waals surface area contributed by atoms with Crippen LogP contribution in [0.15, 0.2) is 18.2 Å². The molecule has 1 aliphatic rings. The third-order valence-electron chi connectivity index (χ3n) is 2.87. The first-order valence-electron chi connectivity index (χ1n) is 5.61. The van der Waals surface area contributed by atoms with Crippen LogP contribution < -0.4 is 21.1 Å². The van der Waals surface area contributed by atoms with Crippen LogP contribution >= 0.6 is 0 Å². The van der Waals surface area contributed by atoms with E-state index in [1.807, 2.05) is 0 Å². The lowest BCUT2D eigenvalue weighted by Gasteiger charge is -2.30.